The molecule has 1 aliphatic carbocycles. The van der Waals surface area contributed by atoms with E-state index in [1.807, 2.05) is 0 Å². The van der Waals surface area contributed by atoms with Gasteiger partial charge in [0.1, 0.15) is 5.82 Å². The van der Waals surface area contributed by atoms with Crippen LogP contribution < -0.4 is 5.32 Å². The Morgan fingerprint density at radius 3 is 2.75 bits per heavy atom. The number of nitrogens with zero attached hydrogens (tertiary/aromatic N) is 1. The molecule has 0 radical (unpaired) electrons. The topological polar surface area (TPSA) is 49.4 Å². The lowest BCUT2D eigenvalue weighted by Gasteiger charge is -2.20. The van der Waals surface area contributed by atoms with Gasteiger partial charge in [0, 0.05) is 24.7 Å². The predicted octanol–water partition coefficient (Wildman–Crippen LogP) is 1.88. The van der Waals surface area contributed by atoms with Crippen LogP contribution in [0.2, 0.25) is 0 Å². The Kier molecular flexibility index (Phi) is 4.57. The second kappa shape index (κ2) is 6.03. The van der Waals surface area contributed by atoms with E-state index in [0.29, 0.717) is 12.1 Å². The molecule has 20 heavy (non-hydrogen) atoms. The smallest absolute Gasteiger partial charge is 0.243 e. The van der Waals surface area contributed by atoms with Gasteiger partial charge in [0.15, 0.2) is 0 Å². The maximum absolute atomic E-state index is 13.6. The van der Waals surface area contributed by atoms with E-state index in [2.05, 4.69) is 11.9 Å². The Bertz CT molecular complexity index is 597. The maximum Gasteiger partial charge on any atom is 0.243 e. The summed E-state index contributed by atoms with van der Waals surface area (Å²) in [6.07, 6.45) is 3.32. The lowest BCUT2D eigenvalue weighted by Crippen LogP contribution is -2.33. The molecule has 1 saturated carbocycles. The summed E-state index contributed by atoms with van der Waals surface area (Å²) in [6, 6.07) is 3.98. The lowest BCUT2D eigenvalue weighted by molar-refractivity contribution is 0.435. The molecule has 0 heterocycles. The Morgan fingerprint density at radius 1 is 1.50 bits per heavy atom. The summed E-state index contributed by atoms with van der Waals surface area (Å²) in [5.74, 6) is -0.403. The lowest BCUT2D eigenvalue weighted by atomic mass is 10.2. The molecule has 1 N–H and O–H groups in total. The van der Waals surface area contributed by atoms with Crippen molar-refractivity contribution < 1.29 is 12.8 Å². The summed E-state index contributed by atoms with van der Waals surface area (Å²) in [5.41, 5.74) is 0.350. The molecule has 1 fully saturated rings. The molecule has 0 aromatic heterocycles. The molecule has 6 heteroatoms. The van der Waals surface area contributed by atoms with Gasteiger partial charge in [-0.3, -0.25) is 0 Å². The minimum Gasteiger partial charge on any atom is -0.316 e. The van der Waals surface area contributed by atoms with Crippen molar-refractivity contribution in [1.29, 1.82) is 0 Å². The molecule has 1 aromatic rings. The average molecular weight is 298 g/mol. The van der Waals surface area contributed by atoms with Gasteiger partial charge in [0.25, 0.3) is 0 Å². The third-order valence-corrected chi connectivity index (χ3v) is 5.17. The van der Waals surface area contributed by atoms with E-state index < -0.39 is 15.8 Å². The van der Waals surface area contributed by atoms with E-state index >= 15 is 0 Å². The second-order valence-corrected chi connectivity index (χ2v) is 6.77. The fourth-order valence-corrected chi connectivity index (χ4v) is 3.81. The standard InChI is InChI=1S/C14H19FN2O2S/c1-3-8-17(12-4-5-12)20(18,19)13-6-7-14(15)11(9-13)10-16-2/h3,6-7,9,12,16H,1,4-5,8,10H2,2H3. The Morgan fingerprint density at radius 2 is 2.20 bits per heavy atom. The number of benzene rings is 1. The third-order valence-electron chi connectivity index (χ3n) is 3.25. The number of rotatable bonds is 7. The summed E-state index contributed by atoms with van der Waals surface area (Å²) in [6.45, 7) is 4.18. The van der Waals surface area contributed by atoms with Crippen LogP contribution in [0.4, 0.5) is 4.39 Å². The first kappa shape index (κ1) is 15.2. The Balaban J connectivity index is 2.37. The van der Waals surface area contributed by atoms with Crippen LogP contribution in [0.15, 0.2) is 35.7 Å². The number of hydrogen-bond acceptors (Lipinski definition) is 3. The molecule has 0 amide bonds. The highest BCUT2D eigenvalue weighted by atomic mass is 32.2. The van der Waals surface area contributed by atoms with Crippen LogP contribution in [0, 0.1) is 5.82 Å². The quantitative estimate of drug-likeness (QED) is 0.782. The van der Waals surface area contributed by atoms with Crippen LogP contribution >= 0.6 is 0 Å². The monoisotopic (exact) mass is 298 g/mol. The van der Waals surface area contributed by atoms with Crippen LogP contribution in [-0.2, 0) is 16.6 Å². The van der Waals surface area contributed by atoms with E-state index in [4.69, 9.17) is 0 Å². The van der Waals surface area contributed by atoms with Crippen molar-refractivity contribution in [1.82, 2.24) is 9.62 Å². The highest BCUT2D eigenvalue weighted by molar-refractivity contribution is 7.89. The summed E-state index contributed by atoms with van der Waals surface area (Å²) >= 11 is 0. The first-order chi connectivity index (χ1) is 9.50. The molecule has 1 aliphatic rings. The van der Waals surface area contributed by atoms with Gasteiger partial charge in [-0.05, 0) is 38.1 Å². The predicted molar refractivity (Wildman–Crippen MR) is 76.3 cm³/mol. The summed E-state index contributed by atoms with van der Waals surface area (Å²) in [4.78, 5) is 0.137. The fraction of sp³-hybridized carbons (Fsp3) is 0.429. The summed E-state index contributed by atoms with van der Waals surface area (Å²) < 4.78 is 40.3. The number of sulfonamides is 1. The average Bonchev–Trinajstić information content (AvgIpc) is 3.22. The van der Waals surface area contributed by atoms with Crippen LogP contribution in [0.1, 0.15) is 18.4 Å². The van der Waals surface area contributed by atoms with Crippen molar-refractivity contribution in [2.75, 3.05) is 13.6 Å². The molecule has 0 spiro atoms. The first-order valence-corrected chi connectivity index (χ1v) is 8.00. The van der Waals surface area contributed by atoms with Crippen molar-refractivity contribution in [2.24, 2.45) is 0 Å². The molecule has 0 aliphatic heterocycles. The first-order valence-electron chi connectivity index (χ1n) is 6.56. The largest absolute Gasteiger partial charge is 0.316 e. The van der Waals surface area contributed by atoms with Gasteiger partial charge in [-0.2, -0.15) is 4.31 Å². The van der Waals surface area contributed by atoms with Crippen molar-refractivity contribution in [3.8, 4) is 0 Å². The minimum atomic E-state index is -3.59. The van der Waals surface area contributed by atoms with Gasteiger partial charge in [0.2, 0.25) is 10.0 Å². The Hall–Kier alpha value is -1.24. The molecule has 0 saturated heterocycles. The summed E-state index contributed by atoms with van der Waals surface area (Å²) in [5, 5.41) is 2.83. The van der Waals surface area contributed by atoms with E-state index in [9.17, 15) is 12.8 Å². The number of nitrogens with one attached hydrogen (secondary N) is 1. The molecule has 1 aromatic carbocycles. The van der Waals surface area contributed by atoms with Gasteiger partial charge in [-0.15, -0.1) is 6.58 Å². The van der Waals surface area contributed by atoms with Crippen molar-refractivity contribution in [3.63, 3.8) is 0 Å². The van der Waals surface area contributed by atoms with E-state index in [0.717, 1.165) is 12.8 Å². The van der Waals surface area contributed by atoms with E-state index in [-0.39, 0.29) is 17.5 Å². The van der Waals surface area contributed by atoms with Crippen molar-refractivity contribution >= 4 is 10.0 Å². The van der Waals surface area contributed by atoms with Gasteiger partial charge < -0.3 is 5.32 Å². The van der Waals surface area contributed by atoms with E-state index in [1.165, 1.54) is 22.5 Å². The van der Waals surface area contributed by atoms with Gasteiger partial charge >= 0.3 is 0 Å². The molecule has 0 atom stereocenters. The molecule has 110 valence electrons. The molecule has 2 rings (SSSR count). The van der Waals surface area contributed by atoms with Crippen LogP contribution in [-0.4, -0.2) is 32.4 Å². The van der Waals surface area contributed by atoms with Crippen LogP contribution in [0.25, 0.3) is 0 Å². The zero-order chi connectivity index (χ0) is 14.8. The second-order valence-electron chi connectivity index (χ2n) is 4.88. The third kappa shape index (κ3) is 3.08. The van der Waals surface area contributed by atoms with E-state index in [1.54, 1.807) is 13.1 Å². The highest BCUT2D eigenvalue weighted by Crippen LogP contribution is 2.32. The van der Waals surface area contributed by atoms with Gasteiger partial charge in [-0.25, -0.2) is 12.8 Å². The SMILES string of the molecule is C=CCN(C1CC1)S(=O)(=O)c1ccc(F)c(CNC)c1. The van der Waals surface area contributed by atoms with Crippen molar-refractivity contribution in [2.45, 2.75) is 30.3 Å². The number of hydrogen-bond donors (Lipinski definition) is 1. The molecular formula is C14H19FN2O2S. The molecule has 0 unspecified atom stereocenters. The zero-order valence-corrected chi connectivity index (χ0v) is 12.3. The van der Waals surface area contributed by atoms with Crippen LogP contribution in [0.3, 0.4) is 0 Å². The highest BCUT2D eigenvalue weighted by Gasteiger charge is 2.37. The maximum atomic E-state index is 13.6. The summed E-state index contributed by atoms with van der Waals surface area (Å²) in [7, 11) is -1.90. The van der Waals surface area contributed by atoms with Gasteiger partial charge in [-0.1, -0.05) is 6.08 Å². The van der Waals surface area contributed by atoms with Gasteiger partial charge in [0.05, 0.1) is 4.90 Å². The molecule has 4 nitrogen and oxygen atoms in total. The zero-order valence-electron chi connectivity index (χ0n) is 11.5. The minimum absolute atomic E-state index is 0.0517. The van der Waals surface area contributed by atoms with Crippen molar-refractivity contribution in [3.05, 3.63) is 42.2 Å². The normalized spacial score (nSPS) is 15.6. The molecule has 0 bridgehead atoms. The molecular weight excluding hydrogens is 279 g/mol. The van der Waals surface area contributed by atoms with Crippen LogP contribution in [0.5, 0.6) is 0 Å². The fourth-order valence-electron chi connectivity index (χ4n) is 2.11. The Labute approximate surface area is 119 Å². The number of halogens is 1.